The molecule has 0 radical (unpaired) electrons. The van der Waals surface area contributed by atoms with E-state index < -0.39 is 0 Å². The van der Waals surface area contributed by atoms with Gasteiger partial charge in [0.05, 0.1) is 6.54 Å². The van der Waals surface area contributed by atoms with Crippen molar-refractivity contribution >= 4 is 5.78 Å². The Bertz CT molecular complexity index is 550. The molecule has 88 valence electrons. The van der Waals surface area contributed by atoms with Crippen molar-refractivity contribution < 1.29 is 4.79 Å². The van der Waals surface area contributed by atoms with Crippen LogP contribution < -0.4 is 0 Å². The fourth-order valence-corrected chi connectivity index (χ4v) is 1.88. The number of ketones is 1. The van der Waals surface area contributed by atoms with Gasteiger partial charge in [0, 0.05) is 30.9 Å². The van der Waals surface area contributed by atoms with E-state index in [4.69, 9.17) is 0 Å². The van der Waals surface area contributed by atoms with Gasteiger partial charge in [-0.3, -0.25) is 4.79 Å². The van der Waals surface area contributed by atoms with Gasteiger partial charge in [-0.05, 0) is 18.9 Å². The Morgan fingerprint density at radius 1 is 1.53 bits per heavy atom. The Labute approximate surface area is 99.1 Å². The van der Waals surface area contributed by atoms with Crippen LogP contribution in [0.15, 0.2) is 24.8 Å². The first-order valence-electron chi connectivity index (χ1n) is 5.77. The zero-order valence-electron chi connectivity index (χ0n) is 9.71. The first-order chi connectivity index (χ1) is 8.24. The minimum absolute atomic E-state index is 0.278. The Morgan fingerprint density at radius 3 is 3.00 bits per heavy atom. The van der Waals surface area contributed by atoms with E-state index in [2.05, 4.69) is 10.2 Å². The van der Waals surface area contributed by atoms with Gasteiger partial charge in [0.1, 0.15) is 6.33 Å². The van der Waals surface area contributed by atoms with Crippen LogP contribution in [0, 0.1) is 5.92 Å². The van der Waals surface area contributed by atoms with E-state index in [0.717, 1.165) is 24.2 Å². The van der Waals surface area contributed by atoms with Crippen molar-refractivity contribution in [2.24, 2.45) is 13.0 Å². The lowest BCUT2D eigenvalue weighted by atomic mass is 10.1. The van der Waals surface area contributed by atoms with Crippen molar-refractivity contribution in [3.8, 4) is 0 Å². The maximum Gasteiger partial charge on any atom is 0.167 e. The lowest BCUT2D eigenvalue weighted by Crippen LogP contribution is -2.04. The zero-order chi connectivity index (χ0) is 11.8. The highest BCUT2D eigenvalue weighted by Crippen LogP contribution is 2.32. The summed E-state index contributed by atoms with van der Waals surface area (Å²) >= 11 is 0. The molecule has 2 heterocycles. The number of rotatable bonds is 4. The minimum atomic E-state index is 0.278. The number of carbonyl (C=O) groups excluding carboxylic acids is 1. The third kappa shape index (κ3) is 2.00. The minimum Gasteiger partial charge on any atom is -0.346 e. The lowest BCUT2D eigenvalue weighted by molar-refractivity contribution is 0.0967. The number of hydrogen-bond acceptors (Lipinski definition) is 3. The Hall–Kier alpha value is -1.91. The second-order valence-corrected chi connectivity index (χ2v) is 4.57. The van der Waals surface area contributed by atoms with Gasteiger partial charge in [0.15, 0.2) is 11.6 Å². The Balaban J connectivity index is 1.76. The van der Waals surface area contributed by atoms with Crippen LogP contribution in [-0.2, 0) is 13.6 Å². The van der Waals surface area contributed by atoms with Gasteiger partial charge in [0.25, 0.3) is 0 Å². The first-order valence-corrected chi connectivity index (χ1v) is 5.77. The molecule has 2 aromatic heterocycles. The molecule has 0 saturated heterocycles. The highest BCUT2D eigenvalue weighted by Gasteiger charge is 2.30. The highest BCUT2D eigenvalue weighted by atomic mass is 16.1. The van der Waals surface area contributed by atoms with Crippen LogP contribution in [-0.4, -0.2) is 25.1 Å². The fraction of sp³-hybridized carbons (Fsp3) is 0.417. The monoisotopic (exact) mass is 230 g/mol. The molecular weight excluding hydrogens is 216 g/mol. The third-order valence-corrected chi connectivity index (χ3v) is 3.11. The van der Waals surface area contributed by atoms with E-state index >= 15 is 0 Å². The molecule has 0 spiro atoms. The number of nitrogens with zero attached hydrogens (tertiary/aromatic N) is 4. The molecule has 0 aliphatic heterocycles. The Morgan fingerprint density at radius 2 is 2.35 bits per heavy atom. The molecule has 0 amide bonds. The molecule has 17 heavy (non-hydrogen) atoms. The summed E-state index contributed by atoms with van der Waals surface area (Å²) < 4.78 is 3.85. The standard InChI is InChI=1S/C12H14N4O/c1-15-8-13-14-11(15)7-16-5-4-10(6-16)12(17)9-2-3-9/h4-6,8-9H,2-3,7H2,1H3. The Kier molecular flexibility index (Phi) is 2.31. The van der Waals surface area contributed by atoms with Crippen molar-refractivity contribution in [1.82, 2.24) is 19.3 Å². The molecule has 5 nitrogen and oxygen atoms in total. The van der Waals surface area contributed by atoms with E-state index in [-0.39, 0.29) is 11.7 Å². The van der Waals surface area contributed by atoms with Crippen molar-refractivity contribution in [3.63, 3.8) is 0 Å². The smallest absolute Gasteiger partial charge is 0.167 e. The van der Waals surface area contributed by atoms with Crippen molar-refractivity contribution in [2.45, 2.75) is 19.4 Å². The van der Waals surface area contributed by atoms with Crippen LogP contribution in [0.3, 0.4) is 0 Å². The van der Waals surface area contributed by atoms with Crippen LogP contribution in [0.1, 0.15) is 29.0 Å². The second-order valence-electron chi connectivity index (χ2n) is 4.57. The maximum absolute atomic E-state index is 11.8. The largest absolute Gasteiger partial charge is 0.346 e. The average molecular weight is 230 g/mol. The predicted molar refractivity (Wildman–Crippen MR) is 61.6 cm³/mol. The molecule has 3 rings (SSSR count). The molecule has 1 aliphatic rings. The highest BCUT2D eigenvalue weighted by molar-refractivity contribution is 5.99. The van der Waals surface area contributed by atoms with Crippen molar-refractivity contribution in [1.29, 1.82) is 0 Å². The molecule has 1 saturated carbocycles. The summed E-state index contributed by atoms with van der Waals surface area (Å²) in [7, 11) is 1.91. The molecule has 0 unspecified atom stereocenters. The topological polar surface area (TPSA) is 52.7 Å². The van der Waals surface area contributed by atoms with Crippen LogP contribution in [0.2, 0.25) is 0 Å². The molecule has 0 atom stereocenters. The fourth-order valence-electron chi connectivity index (χ4n) is 1.88. The average Bonchev–Trinajstić information content (AvgIpc) is 2.95. The van der Waals surface area contributed by atoms with E-state index in [9.17, 15) is 4.79 Å². The van der Waals surface area contributed by atoms with Crippen molar-refractivity contribution in [3.05, 3.63) is 36.2 Å². The molecule has 0 bridgehead atoms. The number of carbonyl (C=O) groups is 1. The van der Waals surface area contributed by atoms with Gasteiger partial charge in [-0.25, -0.2) is 0 Å². The molecule has 0 N–H and O–H groups in total. The molecule has 5 heteroatoms. The van der Waals surface area contributed by atoms with E-state index in [1.807, 2.05) is 34.6 Å². The van der Waals surface area contributed by atoms with Crippen LogP contribution in [0.25, 0.3) is 0 Å². The summed E-state index contributed by atoms with van der Waals surface area (Å²) in [6.45, 7) is 0.647. The number of aryl methyl sites for hydroxylation is 1. The number of Topliss-reactive ketones (excluding diaryl/α,β-unsaturated/α-hetero) is 1. The van der Waals surface area contributed by atoms with Gasteiger partial charge in [-0.15, -0.1) is 10.2 Å². The number of hydrogen-bond donors (Lipinski definition) is 0. The van der Waals surface area contributed by atoms with Crippen LogP contribution in [0.4, 0.5) is 0 Å². The molecule has 2 aromatic rings. The summed E-state index contributed by atoms with van der Waals surface area (Å²) in [5, 5.41) is 7.85. The third-order valence-electron chi connectivity index (χ3n) is 3.11. The van der Waals surface area contributed by atoms with E-state index in [1.165, 1.54) is 0 Å². The van der Waals surface area contributed by atoms with Crippen molar-refractivity contribution in [2.75, 3.05) is 0 Å². The quantitative estimate of drug-likeness (QED) is 0.743. The summed E-state index contributed by atoms with van der Waals surface area (Å²) in [4.78, 5) is 11.8. The van der Waals surface area contributed by atoms with Gasteiger partial charge in [-0.1, -0.05) is 0 Å². The van der Waals surface area contributed by atoms with E-state index in [0.29, 0.717) is 6.54 Å². The van der Waals surface area contributed by atoms with Gasteiger partial charge in [0.2, 0.25) is 0 Å². The van der Waals surface area contributed by atoms with Crippen LogP contribution in [0.5, 0.6) is 0 Å². The van der Waals surface area contributed by atoms with Gasteiger partial charge < -0.3 is 9.13 Å². The SMILES string of the molecule is Cn1cnnc1Cn1ccc(C(=O)C2CC2)c1. The predicted octanol–water partition coefficient (Wildman–Crippen LogP) is 1.26. The van der Waals surface area contributed by atoms with Crippen LogP contribution >= 0.6 is 0 Å². The van der Waals surface area contributed by atoms with E-state index in [1.54, 1.807) is 6.33 Å². The molecule has 1 fully saturated rings. The molecule has 1 aliphatic carbocycles. The summed E-state index contributed by atoms with van der Waals surface area (Å²) in [5.41, 5.74) is 0.815. The molecular formula is C12H14N4O. The summed E-state index contributed by atoms with van der Waals surface area (Å²) in [5.74, 6) is 1.44. The zero-order valence-corrected chi connectivity index (χ0v) is 9.71. The first kappa shape index (κ1) is 10.3. The van der Waals surface area contributed by atoms with Gasteiger partial charge >= 0.3 is 0 Å². The normalized spacial score (nSPS) is 15.1. The van der Waals surface area contributed by atoms with Gasteiger partial charge in [-0.2, -0.15) is 0 Å². The molecule has 0 aromatic carbocycles. The second kappa shape index (κ2) is 3.84. The maximum atomic E-state index is 11.8. The summed E-state index contributed by atoms with van der Waals surface area (Å²) in [6.07, 6.45) is 7.59. The summed E-state index contributed by atoms with van der Waals surface area (Å²) in [6, 6.07) is 1.89. The number of aromatic nitrogens is 4. The lowest BCUT2D eigenvalue weighted by Gasteiger charge is -2.01.